The lowest BCUT2D eigenvalue weighted by molar-refractivity contribution is 0.150. The number of nitrogens with one attached hydrogen (secondary N) is 2. The first kappa shape index (κ1) is 16.5. The molecule has 2 heterocycles. The number of piperidine rings is 1. The molecule has 0 aromatic heterocycles. The summed E-state index contributed by atoms with van der Waals surface area (Å²) in [5.41, 5.74) is 0. The summed E-state index contributed by atoms with van der Waals surface area (Å²) >= 11 is 0. The lowest BCUT2D eigenvalue weighted by atomic mass is 10.0. The Labute approximate surface area is 127 Å². The van der Waals surface area contributed by atoms with Crippen LogP contribution in [-0.2, 0) is 4.74 Å². The van der Waals surface area contributed by atoms with E-state index in [4.69, 9.17) is 9.84 Å². The van der Waals surface area contributed by atoms with Crippen LogP contribution in [-0.4, -0.2) is 74.6 Å². The summed E-state index contributed by atoms with van der Waals surface area (Å²) in [6.45, 7) is 8.81. The molecule has 6 heteroatoms. The highest BCUT2D eigenvalue weighted by Gasteiger charge is 2.24. The molecule has 0 aromatic carbocycles. The van der Waals surface area contributed by atoms with Crippen LogP contribution in [0, 0.1) is 5.92 Å². The SMILES string of the molecule is CCNC(=NCCO)NC1CCN(CC2CCOC2)CC1. The maximum absolute atomic E-state index is 8.88. The minimum atomic E-state index is 0.0957. The molecule has 6 nitrogen and oxygen atoms in total. The molecule has 0 spiro atoms. The van der Waals surface area contributed by atoms with Crippen molar-refractivity contribution in [2.45, 2.75) is 32.2 Å². The van der Waals surface area contributed by atoms with Crippen molar-refractivity contribution in [3.8, 4) is 0 Å². The topological polar surface area (TPSA) is 69.1 Å². The molecule has 2 aliphatic rings. The first-order valence-corrected chi connectivity index (χ1v) is 8.27. The van der Waals surface area contributed by atoms with E-state index in [-0.39, 0.29) is 6.61 Å². The number of likely N-dealkylation sites (tertiary alicyclic amines) is 1. The van der Waals surface area contributed by atoms with Gasteiger partial charge in [-0.1, -0.05) is 0 Å². The lowest BCUT2D eigenvalue weighted by Gasteiger charge is -2.34. The summed E-state index contributed by atoms with van der Waals surface area (Å²) in [6, 6.07) is 0.484. The predicted octanol–water partition coefficient (Wildman–Crippen LogP) is 0.0347. The average molecular weight is 298 g/mol. The Bertz CT molecular complexity index is 311. The van der Waals surface area contributed by atoms with Crippen LogP contribution in [0.2, 0.25) is 0 Å². The number of hydrogen-bond donors (Lipinski definition) is 3. The number of nitrogens with zero attached hydrogens (tertiary/aromatic N) is 2. The maximum Gasteiger partial charge on any atom is 0.191 e. The van der Waals surface area contributed by atoms with Gasteiger partial charge in [-0.25, -0.2) is 0 Å². The highest BCUT2D eigenvalue weighted by Crippen LogP contribution is 2.17. The molecule has 2 fully saturated rings. The number of ether oxygens (including phenoxy) is 1. The number of aliphatic hydroxyl groups is 1. The molecule has 0 radical (unpaired) electrons. The summed E-state index contributed by atoms with van der Waals surface area (Å²) in [6.07, 6.45) is 3.52. The van der Waals surface area contributed by atoms with Gasteiger partial charge >= 0.3 is 0 Å². The third-order valence-corrected chi connectivity index (χ3v) is 4.18. The molecule has 3 N–H and O–H groups in total. The fourth-order valence-corrected chi connectivity index (χ4v) is 3.03. The molecule has 1 unspecified atom stereocenters. The molecule has 0 saturated carbocycles. The zero-order valence-corrected chi connectivity index (χ0v) is 13.2. The second-order valence-corrected chi connectivity index (χ2v) is 5.93. The molecule has 0 aliphatic carbocycles. The van der Waals surface area contributed by atoms with E-state index < -0.39 is 0 Å². The Morgan fingerprint density at radius 1 is 1.33 bits per heavy atom. The van der Waals surface area contributed by atoms with E-state index in [0.29, 0.717) is 12.6 Å². The Balaban J connectivity index is 1.69. The largest absolute Gasteiger partial charge is 0.394 e. The highest BCUT2D eigenvalue weighted by atomic mass is 16.5. The number of hydrogen-bond acceptors (Lipinski definition) is 4. The van der Waals surface area contributed by atoms with E-state index in [0.717, 1.165) is 57.6 Å². The Morgan fingerprint density at radius 2 is 2.14 bits per heavy atom. The van der Waals surface area contributed by atoms with E-state index >= 15 is 0 Å². The van der Waals surface area contributed by atoms with Crippen LogP contribution in [0.15, 0.2) is 4.99 Å². The van der Waals surface area contributed by atoms with Crippen molar-refractivity contribution in [3.63, 3.8) is 0 Å². The number of rotatable bonds is 6. The standard InChI is InChI=1S/C15H30N4O2/c1-2-16-15(17-6-9-20)18-14-3-7-19(8-4-14)11-13-5-10-21-12-13/h13-14,20H,2-12H2,1H3,(H2,16,17,18). The van der Waals surface area contributed by atoms with Gasteiger partial charge in [-0.3, -0.25) is 4.99 Å². The van der Waals surface area contributed by atoms with Crippen molar-refractivity contribution in [3.05, 3.63) is 0 Å². The molecule has 21 heavy (non-hydrogen) atoms. The van der Waals surface area contributed by atoms with E-state index in [1.54, 1.807) is 0 Å². The highest BCUT2D eigenvalue weighted by molar-refractivity contribution is 5.80. The first-order chi connectivity index (χ1) is 10.3. The van der Waals surface area contributed by atoms with Crippen molar-refractivity contribution in [1.82, 2.24) is 15.5 Å². The zero-order valence-electron chi connectivity index (χ0n) is 13.2. The summed E-state index contributed by atoms with van der Waals surface area (Å²) < 4.78 is 5.45. The fourth-order valence-electron chi connectivity index (χ4n) is 3.03. The molecule has 2 aliphatic heterocycles. The molecule has 1 atom stereocenters. The van der Waals surface area contributed by atoms with Gasteiger partial charge < -0.3 is 25.4 Å². The number of aliphatic imine (C=N–C) groups is 1. The quantitative estimate of drug-likeness (QED) is 0.477. The summed E-state index contributed by atoms with van der Waals surface area (Å²) in [7, 11) is 0. The van der Waals surface area contributed by atoms with Crippen molar-refractivity contribution in [1.29, 1.82) is 0 Å². The van der Waals surface area contributed by atoms with Crippen LogP contribution in [0.1, 0.15) is 26.2 Å². The maximum atomic E-state index is 8.88. The summed E-state index contributed by atoms with van der Waals surface area (Å²) in [4.78, 5) is 6.91. The third-order valence-electron chi connectivity index (χ3n) is 4.18. The van der Waals surface area contributed by atoms with Gasteiger partial charge in [-0.15, -0.1) is 0 Å². The molecule has 0 aromatic rings. The minimum Gasteiger partial charge on any atom is -0.394 e. The summed E-state index contributed by atoms with van der Waals surface area (Å²) in [5.74, 6) is 1.56. The molecule has 0 bridgehead atoms. The molecule has 2 rings (SSSR count). The van der Waals surface area contributed by atoms with Crippen LogP contribution in [0.5, 0.6) is 0 Å². The lowest BCUT2D eigenvalue weighted by Crippen LogP contribution is -2.49. The van der Waals surface area contributed by atoms with Crippen molar-refractivity contribution < 1.29 is 9.84 Å². The van der Waals surface area contributed by atoms with Gasteiger partial charge in [0.25, 0.3) is 0 Å². The Hall–Kier alpha value is -0.850. The second-order valence-electron chi connectivity index (χ2n) is 5.93. The molecular formula is C15H30N4O2. The van der Waals surface area contributed by atoms with Crippen LogP contribution < -0.4 is 10.6 Å². The zero-order chi connectivity index (χ0) is 14.9. The first-order valence-electron chi connectivity index (χ1n) is 8.27. The number of aliphatic hydroxyl groups excluding tert-OH is 1. The normalized spacial score (nSPS) is 25.2. The predicted molar refractivity (Wildman–Crippen MR) is 84.6 cm³/mol. The van der Waals surface area contributed by atoms with Gasteiger partial charge in [-0.2, -0.15) is 0 Å². The van der Waals surface area contributed by atoms with Gasteiger partial charge in [0.15, 0.2) is 5.96 Å². The van der Waals surface area contributed by atoms with E-state index in [2.05, 4.69) is 27.4 Å². The van der Waals surface area contributed by atoms with E-state index in [9.17, 15) is 0 Å². The van der Waals surface area contributed by atoms with E-state index in [1.165, 1.54) is 13.0 Å². The minimum absolute atomic E-state index is 0.0957. The average Bonchev–Trinajstić information content (AvgIpc) is 3.00. The van der Waals surface area contributed by atoms with Crippen LogP contribution in [0.25, 0.3) is 0 Å². The van der Waals surface area contributed by atoms with Crippen molar-refractivity contribution in [2.75, 3.05) is 52.5 Å². The smallest absolute Gasteiger partial charge is 0.191 e. The van der Waals surface area contributed by atoms with Crippen LogP contribution in [0.4, 0.5) is 0 Å². The van der Waals surface area contributed by atoms with Crippen LogP contribution >= 0.6 is 0 Å². The molecule has 122 valence electrons. The molecule has 2 saturated heterocycles. The third kappa shape index (κ3) is 5.80. The Morgan fingerprint density at radius 3 is 2.76 bits per heavy atom. The Kier molecular flexibility index (Phi) is 7.26. The van der Waals surface area contributed by atoms with Gasteiger partial charge in [0, 0.05) is 38.8 Å². The van der Waals surface area contributed by atoms with Gasteiger partial charge in [0.05, 0.1) is 19.8 Å². The number of guanidine groups is 1. The molecule has 0 amide bonds. The van der Waals surface area contributed by atoms with Crippen LogP contribution in [0.3, 0.4) is 0 Å². The van der Waals surface area contributed by atoms with Gasteiger partial charge in [-0.05, 0) is 32.1 Å². The van der Waals surface area contributed by atoms with Crippen molar-refractivity contribution >= 4 is 5.96 Å². The van der Waals surface area contributed by atoms with Crippen molar-refractivity contribution in [2.24, 2.45) is 10.9 Å². The van der Waals surface area contributed by atoms with Gasteiger partial charge in [0.2, 0.25) is 0 Å². The monoisotopic (exact) mass is 298 g/mol. The second kappa shape index (κ2) is 9.23. The fraction of sp³-hybridized carbons (Fsp3) is 0.933. The summed E-state index contributed by atoms with van der Waals surface area (Å²) in [5, 5.41) is 15.6. The van der Waals surface area contributed by atoms with Gasteiger partial charge in [0.1, 0.15) is 0 Å². The molecular weight excluding hydrogens is 268 g/mol. The van der Waals surface area contributed by atoms with E-state index in [1.807, 2.05) is 0 Å².